The smallest absolute Gasteiger partial charge is 0.123 e. The SMILES string of the molecule is COc1cccc(CC(N)c2ccc(F)cc2C)c1. The Morgan fingerprint density at radius 2 is 2.00 bits per heavy atom. The van der Waals surface area contributed by atoms with E-state index in [9.17, 15) is 4.39 Å². The van der Waals surface area contributed by atoms with Crippen LogP contribution in [0.4, 0.5) is 4.39 Å². The van der Waals surface area contributed by atoms with Gasteiger partial charge in [-0.05, 0) is 54.3 Å². The van der Waals surface area contributed by atoms with Crippen molar-refractivity contribution in [2.75, 3.05) is 7.11 Å². The molecule has 0 amide bonds. The first-order valence-electron chi connectivity index (χ1n) is 6.24. The van der Waals surface area contributed by atoms with E-state index >= 15 is 0 Å². The van der Waals surface area contributed by atoms with Crippen LogP contribution in [0.15, 0.2) is 42.5 Å². The number of hydrogen-bond acceptors (Lipinski definition) is 2. The highest BCUT2D eigenvalue weighted by Gasteiger charge is 2.11. The molecular formula is C16H18FNO. The molecule has 0 aliphatic rings. The second-order valence-electron chi connectivity index (χ2n) is 4.66. The predicted molar refractivity (Wildman–Crippen MR) is 74.8 cm³/mol. The highest BCUT2D eigenvalue weighted by molar-refractivity contribution is 5.33. The summed E-state index contributed by atoms with van der Waals surface area (Å²) >= 11 is 0. The van der Waals surface area contributed by atoms with Gasteiger partial charge in [0, 0.05) is 6.04 Å². The number of nitrogens with two attached hydrogens (primary N) is 1. The first-order chi connectivity index (χ1) is 9.10. The number of hydrogen-bond donors (Lipinski definition) is 1. The maximum atomic E-state index is 13.1. The van der Waals surface area contributed by atoms with E-state index in [-0.39, 0.29) is 11.9 Å². The van der Waals surface area contributed by atoms with Crippen LogP contribution in [0.2, 0.25) is 0 Å². The molecular weight excluding hydrogens is 241 g/mol. The normalized spacial score (nSPS) is 12.2. The number of halogens is 1. The lowest BCUT2D eigenvalue weighted by Crippen LogP contribution is -2.14. The first-order valence-corrected chi connectivity index (χ1v) is 6.24. The van der Waals surface area contributed by atoms with Crippen molar-refractivity contribution >= 4 is 0 Å². The second kappa shape index (κ2) is 5.85. The number of methoxy groups -OCH3 is 1. The van der Waals surface area contributed by atoms with Crippen molar-refractivity contribution in [2.45, 2.75) is 19.4 Å². The van der Waals surface area contributed by atoms with Crippen LogP contribution in [0.25, 0.3) is 0 Å². The monoisotopic (exact) mass is 259 g/mol. The summed E-state index contributed by atoms with van der Waals surface area (Å²) in [4.78, 5) is 0. The van der Waals surface area contributed by atoms with E-state index in [4.69, 9.17) is 10.5 Å². The zero-order valence-electron chi connectivity index (χ0n) is 11.2. The molecule has 19 heavy (non-hydrogen) atoms. The minimum Gasteiger partial charge on any atom is -0.497 e. The van der Waals surface area contributed by atoms with E-state index in [0.717, 1.165) is 22.4 Å². The van der Waals surface area contributed by atoms with Gasteiger partial charge in [0.25, 0.3) is 0 Å². The van der Waals surface area contributed by atoms with Gasteiger partial charge in [-0.2, -0.15) is 0 Å². The molecule has 0 aliphatic carbocycles. The van der Waals surface area contributed by atoms with E-state index in [1.165, 1.54) is 12.1 Å². The zero-order valence-corrected chi connectivity index (χ0v) is 11.2. The van der Waals surface area contributed by atoms with Crippen LogP contribution in [0.3, 0.4) is 0 Å². The average Bonchev–Trinajstić information content (AvgIpc) is 2.38. The minimum atomic E-state index is -0.227. The van der Waals surface area contributed by atoms with Crippen LogP contribution in [0.5, 0.6) is 5.75 Å². The summed E-state index contributed by atoms with van der Waals surface area (Å²) in [6.07, 6.45) is 0.698. The Morgan fingerprint density at radius 1 is 1.21 bits per heavy atom. The van der Waals surface area contributed by atoms with E-state index in [1.807, 2.05) is 31.2 Å². The first kappa shape index (κ1) is 13.6. The molecule has 0 saturated heterocycles. The topological polar surface area (TPSA) is 35.2 Å². The molecule has 0 spiro atoms. The fraction of sp³-hybridized carbons (Fsp3) is 0.250. The summed E-state index contributed by atoms with van der Waals surface area (Å²) in [6, 6.07) is 12.4. The summed E-state index contributed by atoms with van der Waals surface area (Å²) in [5.74, 6) is 0.593. The van der Waals surface area contributed by atoms with Crippen LogP contribution in [0, 0.1) is 12.7 Å². The van der Waals surface area contributed by atoms with Crippen molar-refractivity contribution in [3.05, 3.63) is 65.0 Å². The van der Waals surface area contributed by atoms with E-state index in [0.29, 0.717) is 6.42 Å². The van der Waals surface area contributed by atoms with Crippen molar-refractivity contribution < 1.29 is 9.13 Å². The molecule has 3 heteroatoms. The molecule has 0 aromatic heterocycles. The number of aryl methyl sites for hydroxylation is 1. The quantitative estimate of drug-likeness (QED) is 0.913. The Balaban J connectivity index is 2.17. The Kier molecular flexibility index (Phi) is 4.17. The molecule has 1 unspecified atom stereocenters. The molecule has 2 aromatic rings. The van der Waals surface area contributed by atoms with E-state index < -0.39 is 0 Å². The largest absolute Gasteiger partial charge is 0.497 e. The van der Waals surface area contributed by atoms with Gasteiger partial charge in [-0.25, -0.2) is 4.39 Å². The summed E-state index contributed by atoms with van der Waals surface area (Å²) in [7, 11) is 1.64. The lowest BCUT2D eigenvalue weighted by Gasteiger charge is -2.15. The maximum absolute atomic E-state index is 13.1. The summed E-state index contributed by atoms with van der Waals surface area (Å²) in [5.41, 5.74) is 9.17. The van der Waals surface area contributed by atoms with E-state index in [1.54, 1.807) is 13.2 Å². The molecule has 0 bridgehead atoms. The molecule has 2 nitrogen and oxygen atoms in total. The molecule has 2 rings (SSSR count). The molecule has 1 atom stereocenters. The molecule has 2 aromatic carbocycles. The molecule has 0 aliphatic heterocycles. The van der Waals surface area contributed by atoms with Gasteiger partial charge in [0.15, 0.2) is 0 Å². The molecule has 0 fully saturated rings. The number of benzene rings is 2. The highest BCUT2D eigenvalue weighted by atomic mass is 19.1. The number of rotatable bonds is 4. The van der Waals surface area contributed by atoms with Gasteiger partial charge in [0.05, 0.1) is 7.11 Å². The molecule has 0 heterocycles. The Hall–Kier alpha value is -1.87. The summed E-state index contributed by atoms with van der Waals surface area (Å²) in [6.45, 7) is 1.88. The molecule has 100 valence electrons. The van der Waals surface area contributed by atoms with Crippen molar-refractivity contribution in [1.29, 1.82) is 0 Å². The van der Waals surface area contributed by atoms with Crippen molar-refractivity contribution in [1.82, 2.24) is 0 Å². The van der Waals surface area contributed by atoms with Crippen LogP contribution in [-0.4, -0.2) is 7.11 Å². The van der Waals surface area contributed by atoms with Crippen molar-refractivity contribution in [3.8, 4) is 5.75 Å². The van der Waals surface area contributed by atoms with Gasteiger partial charge in [-0.15, -0.1) is 0 Å². The highest BCUT2D eigenvalue weighted by Crippen LogP contribution is 2.22. The third kappa shape index (κ3) is 3.32. The van der Waals surface area contributed by atoms with Gasteiger partial charge < -0.3 is 10.5 Å². The third-order valence-electron chi connectivity index (χ3n) is 3.22. The Morgan fingerprint density at radius 3 is 2.68 bits per heavy atom. The third-order valence-corrected chi connectivity index (χ3v) is 3.22. The van der Waals surface area contributed by atoms with Crippen LogP contribution in [-0.2, 0) is 6.42 Å². The Bertz CT molecular complexity index is 568. The second-order valence-corrected chi connectivity index (χ2v) is 4.66. The lowest BCUT2D eigenvalue weighted by molar-refractivity contribution is 0.414. The average molecular weight is 259 g/mol. The van der Waals surface area contributed by atoms with Crippen molar-refractivity contribution in [3.63, 3.8) is 0 Å². The summed E-state index contributed by atoms with van der Waals surface area (Å²) < 4.78 is 18.3. The van der Waals surface area contributed by atoms with Gasteiger partial charge in [0.2, 0.25) is 0 Å². The fourth-order valence-corrected chi connectivity index (χ4v) is 2.22. The summed E-state index contributed by atoms with van der Waals surface area (Å²) in [5, 5.41) is 0. The van der Waals surface area contributed by atoms with Gasteiger partial charge in [-0.3, -0.25) is 0 Å². The fourth-order valence-electron chi connectivity index (χ4n) is 2.22. The standard InChI is InChI=1S/C16H18FNO/c1-11-8-13(17)6-7-15(11)16(18)10-12-4-3-5-14(9-12)19-2/h3-9,16H,10,18H2,1-2H3. The van der Waals surface area contributed by atoms with Crippen LogP contribution < -0.4 is 10.5 Å². The van der Waals surface area contributed by atoms with Gasteiger partial charge >= 0.3 is 0 Å². The minimum absolute atomic E-state index is 0.146. The van der Waals surface area contributed by atoms with E-state index in [2.05, 4.69) is 0 Å². The van der Waals surface area contributed by atoms with Gasteiger partial charge in [0.1, 0.15) is 11.6 Å². The Labute approximate surface area is 113 Å². The molecule has 2 N–H and O–H groups in total. The van der Waals surface area contributed by atoms with Crippen molar-refractivity contribution in [2.24, 2.45) is 5.73 Å². The molecule has 0 radical (unpaired) electrons. The number of ether oxygens (including phenoxy) is 1. The van der Waals surface area contributed by atoms with Crippen LogP contribution >= 0.6 is 0 Å². The zero-order chi connectivity index (χ0) is 13.8. The molecule has 0 saturated carbocycles. The lowest BCUT2D eigenvalue weighted by atomic mass is 9.96. The van der Waals surface area contributed by atoms with Crippen LogP contribution in [0.1, 0.15) is 22.7 Å². The predicted octanol–water partition coefficient (Wildman–Crippen LogP) is 3.39. The van der Waals surface area contributed by atoms with Gasteiger partial charge in [-0.1, -0.05) is 18.2 Å². The maximum Gasteiger partial charge on any atom is 0.123 e.